The van der Waals surface area contributed by atoms with Gasteiger partial charge in [0, 0.05) is 11.6 Å². The van der Waals surface area contributed by atoms with Crippen molar-refractivity contribution in [3.63, 3.8) is 0 Å². The van der Waals surface area contributed by atoms with E-state index < -0.39 is 0 Å². The number of methoxy groups -OCH3 is 2. The molecule has 0 spiro atoms. The molecule has 0 fully saturated rings. The first-order valence-electron chi connectivity index (χ1n) is 7.68. The normalized spacial score (nSPS) is 13.0. The number of fused-ring (bicyclic) bond motifs is 1. The van der Waals surface area contributed by atoms with Crippen LogP contribution in [0.2, 0.25) is 5.02 Å². The number of benzene rings is 2. The number of hydrogen-bond donors (Lipinski definition) is 0. The molecule has 0 unspecified atom stereocenters. The van der Waals surface area contributed by atoms with Crippen molar-refractivity contribution in [2.75, 3.05) is 20.8 Å². The fraction of sp³-hybridized carbons (Fsp3) is 0.150. The van der Waals surface area contributed by atoms with Crippen LogP contribution in [0.1, 0.15) is 15.9 Å². The Kier molecular flexibility index (Phi) is 5.10. The number of carbonyl (C=O) groups is 1. The van der Waals surface area contributed by atoms with E-state index in [-0.39, 0.29) is 5.78 Å². The molecule has 25 heavy (non-hydrogen) atoms. The second-order valence-corrected chi connectivity index (χ2v) is 5.84. The minimum Gasteiger partial charge on any atom is -0.496 e. The molecular formula is C20H17ClO4. The quantitative estimate of drug-likeness (QED) is 0.581. The van der Waals surface area contributed by atoms with E-state index in [0.717, 1.165) is 16.9 Å². The Morgan fingerprint density at radius 1 is 1.16 bits per heavy atom. The fourth-order valence-corrected chi connectivity index (χ4v) is 2.80. The van der Waals surface area contributed by atoms with Crippen molar-refractivity contribution in [2.45, 2.75) is 0 Å². The van der Waals surface area contributed by atoms with E-state index >= 15 is 0 Å². The lowest BCUT2D eigenvalue weighted by Gasteiger charge is -2.15. The van der Waals surface area contributed by atoms with Crippen molar-refractivity contribution < 1.29 is 19.0 Å². The minimum absolute atomic E-state index is 0.207. The predicted octanol–water partition coefficient (Wildman–Crippen LogP) is 4.57. The third kappa shape index (κ3) is 3.69. The van der Waals surface area contributed by atoms with Gasteiger partial charge in [-0.1, -0.05) is 35.9 Å². The van der Waals surface area contributed by atoms with Crippen LogP contribution in [0.5, 0.6) is 17.2 Å². The monoisotopic (exact) mass is 356 g/mol. The Hall–Kier alpha value is -2.72. The van der Waals surface area contributed by atoms with Crippen LogP contribution in [-0.2, 0) is 0 Å². The van der Waals surface area contributed by atoms with Crippen LogP contribution in [0.15, 0.2) is 54.1 Å². The van der Waals surface area contributed by atoms with Gasteiger partial charge in [0.2, 0.25) is 0 Å². The first-order chi connectivity index (χ1) is 12.1. The molecule has 0 atom stereocenters. The summed E-state index contributed by atoms with van der Waals surface area (Å²) in [6.07, 6.45) is 5.24. The molecule has 0 saturated heterocycles. The largest absolute Gasteiger partial charge is 0.496 e. The highest BCUT2D eigenvalue weighted by molar-refractivity contribution is 6.32. The van der Waals surface area contributed by atoms with Crippen LogP contribution in [0.3, 0.4) is 0 Å². The van der Waals surface area contributed by atoms with Gasteiger partial charge in [-0.15, -0.1) is 0 Å². The van der Waals surface area contributed by atoms with Gasteiger partial charge in [0.05, 0.1) is 24.8 Å². The summed E-state index contributed by atoms with van der Waals surface area (Å²) in [4.78, 5) is 12.5. The van der Waals surface area contributed by atoms with E-state index in [9.17, 15) is 4.79 Å². The summed E-state index contributed by atoms with van der Waals surface area (Å²) in [5.41, 5.74) is 2.28. The highest BCUT2D eigenvalue weighted by Crippen LogP contribution is 2.33. The molecule has 1 aliphatic rings. The molecule has 1 heterocycles. The molecule has 2 aromatic carbocycles. The molecule has 0 N–H and O–H groups in total. The van der Waals surface area contributed by atoms with Gasteiger partial charge >= 0.3 is 0 Å². The lowest BCUT2D eigenvalue weighted by molar-refractivity contribution is 0.104. The van der Waals surface area contributed by atoms with E-state index in [4.69, 9.17) is 25.8 Å². The highest BCUT2D eigenvalue weighted by atomic mass is 35.5. The Morgan fingerprint density at radius 3 is 2.68 bits per heavy atom. The molecule has 2 aromatic rings. The van der Waals surface area contributed by atoms with Gasteiger partial charge in [0.1, 0.15) is 23.9 Å². The van der Waals surface area contributed by atoms with Crippen molar-refractivity contribution in [2.24, 2.45) is 0 Å². The lowest BCUT2D eigenvalue weighted by Crippen LogP contribution is -2.06. The smallest absolute Gasteiger partial charge is 0.189 e. The molecule has 0 amide bonds. The van der Waals surface area contributed by atoms with Crippen molar-refractivity contribution in [1.82, 2.24) is 0 Å². The van der Waals surface area contributed by atoms with Gasteiger partial charge in [-0.05, 0) is 29.9 Å². The van der Waals surface area contributed by atoms with Gasteiger partial charge in [-0.25, -0.2) is 0 Å². The summed E-state index contributed by atoms with van der Waals surface area (Å²) >= 11 is 6.12. The fourth-order valence-electron chi connectivity index (χ4n) is 2.56. The maximum atomic E-state index is 12.5. The molecule has 1 aliphatic heterocycles. The Labute approximate surface area is 151 Å². The molecule has 128 valence electrons. The number of para-hydroxylation sites is 1. The number of ketones is 1. The number of hydrogen-bond acceptors (Lipinski definition) is 4. The van der Waals surface area contributed by atoms with Crippen LogP contribution in [0.4, 0.5) is 0 Å². The van der Waals surface area contributed by atoms with Gasteiger partial charge in [0.25, 0.3) is 0 Å². The molecule has 5 heteroatoms. The number of halogens is 1. The molecule has 0 saturated carbocycles. The molecular weight excluding hydrogens is 340 g/mol. The average Bonchev–Trinajstić information content (AvgIpc) is 2.65. The summed E-state index contributed by atoms with van der Waals surface area (Å²) < 4.78 is 16.1. The zero-order chi connectivity index (χ0) is 17.8. The van der Waals surface area contributed by atoms with Crippen molar-refractivity contribution in [1.29, 1.82) is 0 Å². The van der Waals surface area contributed by atoms with Crippen LogP contribution in [0, 0.1) is 0 Å². The average molecular weight is 357 g/mol. The van der Waals surface area contributed by atoms with Crippen molar-refractivity contribution in [3.8, 4) is 17.2 Å². The summed E-state index contributed by atoms with van der Waals surface area (Å²) in [5, 5.41) is 0.356. The first kappa shape index (κ1) is 17.1. The number of rotatable bonds is 5. The molecule has 4 nitrogen and oxygen atoms in total. The predicted molar refractivity (Wildman–Crippen MR) is 97.9 cm³/mol. The maximum Gasteiger partial charge on any atom is 0.189 e. The Bertz CT molecular complexity index is 868. The summed E-state index contributed by atoms with van der Waals surface area (Å²) in [6, 6.07) is 10.9. The van der Waals surface area contributed by atoms with E-state index in [1.54, 1.807) is 18.2 Å². The number of carbonyl (C=O) groups excluding carboxylic acids is 1. The van der Waals surface area contributed by atoms with E-state index in [0.29, 0.717) is 28.7 Å². The SMILES string of the molecule is COc1cc(OC)c(C(=O)/C=C\C2=Cc3ccccc3OC2)cc1Cl. The topological polar surface area (TPSA) is 44.8 Å². The van der Waals surface area contributed by atoms with Crippen molar-refractivity contribution >= 4 is 23.5 Å². The van der Waals surface area contributed by atoms with Crippen LogP contribution >= 0.6 is 11.6 Å². The van der Waals surface area contributed by atoms with Crippen LogP contribution in [-0.4, -0.2) is 26.6 Å². The summed E-state index contributed by atoms with van der Waals surface area (Å²) in [5.74, 6) is 1.50. The van der Waals surface area contributed by atoms with Gasteiger partial charge < -0.3 is 14.2 Å². The van der Waals surface area contributed by atoms with Crippen LogP contribution in [0.25, 0.3) is 6.08 Å². The lowest BCUT2D eigenvalue weighted by atomic mass is 10.0. The third-order valence-electron chi connectivity index (χ3n) is 3.84. The third-order valence-corrected chi connectivity index (χ3v) is 4.14. The maximum absolute atomic E-state index is 12.5. The first-order valence-corrected chi connectivity index (χ1v) is 8.06. The summed E-state index contributed by atoms with van der Waals surface area (Å²) in [7, 11) is 3.01. The Balaban J connectivity index is 1.84. The minimum atomic E-state index is -0.207. The summed E-state index contributed by atoms with van der Waals surface area (Å²) in [6.45, 7) is 0.418. The molecule has 3 rings (SSSR count). The Morgan fingerprint density at radius 2 is 1.92 bits per heavy atom. The standard InChI is InChI=1S/C20H17ClO4/c1-23-19-11-20(24-2)16(21)10-15(19)17(22)8-7-13-9-14-5-3-4-6-18(14)25-12-13/h3-11H,12H2,1-2H3/b8-7-. The van der Waals surface area contributed by atoms with Gasteiger partial charge in [0.15, 0.2) is 5.78 Å². The van der Waals surface area contributed by atoms with Gasteiger partial charge in [-0.3, -0.25) is 4.79 Å². The van der Waals surface area contributed by atoms with E-state index in [2.05, 4.69) is 0 Å². The molecule has 0 bridgehead atoms. The number of ether oxygens (including phenoxy) is 3. The van der Waals surface area contributed by atoms with Crippen molar-refractivity contribution in [3.05, 3.63) is 70.3 Å². The van der Waals surface area contributed by atoms with E-state index in [1.165, 1.54) is 20.3 Å². The molecule has 0 radical (unpaired) electrons. The molecule has 0 aromatic heterocycles. The van der Waals surface area contributed by atoms with Crippen LogP contribution < -0.4 is 14.2 Å². The second-order valence-electron chi connectivity index (χ2n) is 5.43. The zero-order valence-electron chi connectivity index (χ0n) is 13.9. The molecule has 0 aliphatic carbocycles. The van der Waals surface area contributed by atoms with Gasteiger partial charge in [-0.2, -0.15) is 0 Å². The highest BCUT2D eigenvalue weighted by Gasteiger charge is 2.15. The zero-order valence-corrected chi connectivity index (χ0v) is 14.7. The van der Waals surface area contributed by atoms with E-state index in [1.807, 2.05) is 30.3 Å². The number of allylic oxidation sites excluding steroid dienone is 1. The second kappa shape index (κ2) is 7.45.